The fourth-order valence-electron chi connectivity index (χ4n) is 1.39. The van der Waals surface area contributed by atoms with Gasteiger partial charge < -0.3 is 5.11 Å². The Hall–Kier alpha value is -0.523. The minimum atomic E-state index is -1.24. The van der Waals surface area contributed by atoms with Gasteiger partial charge in [0.2, 0.25) is 0 Å². The molecule has 0 aromatic rings. The van der Waals surface area contributed by atoms with Gasteiger partial charge in [-0.2, -0.15) is 0 Å². The third kappa shape index (κ3) is 3.37. The van der Waals surface area contributed by atoms with Gasteiger partial charge in [-0.25, -0.2) is 0 Å². The highest BCUT2D eigenvalue weighted by molar-refractivity contribution is 6.83. The molecule has 1 N–H and O–H groups in total. The van der Waals surface area contributed by atoms with Crippen LogP contribution in [0.3, 0.4) is 0 Å². The summed E-state index contributed by atoms with van der Waals surface area (Å²) in [6.07, 6.45) is 3.30. The van der Waals surface area contributed by atoms with Gasteiger partial charge in [0.25, 0.3) is 0 Å². The van der Waals surface area contributed by atoms with Gasteiger partial charge in [0.05, 0.1) is 6.61 Å². The van der Waals surface area contributed by atoms with Crippen LogP contribution in [0.1, 0.15) is 19.3 Å². The zero-order valence-electron chi connectivity index (χ0n) is 8.78. The molecule has 0 aromatic heterocycles. The summed E-state index contributed by atoms with van der Waals surface area (Å²) < 4.78 is 0. The maximum atomic E-state index is 9.05. The molecular formula is C11H18OSi. The van der Waals surface area contributed by atoms with Crippen molar-refractivity contribution in [2.75, 3.05) is 6.61 Å². The van der Waals surface area contributed by atoms with E-state index < -0.39 is 8.07 Å². The van der Waals surface area contributed by atoms with Crippen molar-refractivity contribution >= 4 is 8.07 Å². The lowest BCUT2D eigenvalue weighted by Crippen LogP contribution is -2.16. The highest BCUT2D eigenvalue weighted by Crippen LogP contribution is 2.24. The molecule has 2 heteroatoms. The molecule has 0 amide bonds. The summed E-state index contributed by atoms with van der Waals surface area (Å²) in [5.41, 5.74) is 5.73. The summed E-state index contributed by atoms with van der Waals surface area (Å²) in [5.74, 6) is 3.25. The predicted octanol–water partition coefficient (Wildman–Crippen LogP) is 2.34. The molecule has 0 aliphatic heterocycles. The topological polar surface area (TPSA) is 20.2 Å². The van der Waals surface area contributed by atoms with E-state index in [9.17, 15) is 0 Å². The third-order valence-electron chi connectivity index (χ3n) is 2.11. The van der Waals surface area contributed by atoms with Crippen LogP contribution < -0.4 is 0 Å². The summed E-state index contributed by atoms with van der Waals surface area (Å²) in [5, 5.41) is 9.05. The first-order valence-electron chi connectivity index (χ1n) is 4.88. The number of rotatable bonds is 1. The predicted molar refractivity (Wildman–Crippen MR) is 59.1 cm³/mol. The minimum absolute atomic E-state index is 0.204. The van der Waals surface area contributed by atoms with E-state index in [1.807, 2.05) is 0 Å². The van der Waals surface area contributed by atoms with Crippen molar-refractivity contribution in [2.24, 2.45) is 0 Å². The second-order valence-electron chi connectivity index (χ2n) is 4.59. The molecule has 0 saturated heterocycles. The van der Waals surface area contributed by atoms with Crippen molar-refractivity contribution in [3.63, 3.8) is 0 Å². The fraction of sp³-hybridized carbons (Fsp3) is 0.636. The van der Waals surface area contributed by atoms with Gasteiger partial charge in [-0.05, 0) is 24.8 Å². The van der Waals surface area contributed by atoms with Crippen LogP contribution in [0.15, 0.2) is 11.1 Å². The van der Waals surface area contributed by atoms with Crippen molar-refractivity contribution in [1.29, 1.82) is 0 Å². The minimum Gasteiger partial charge on any atom is -0.392 e. The lowest BCUT2D eigenvalue weighted by atomic mass is 10.2. The molecule has 72 valence electrons. The van der Waals surface area contributed by atoms with Gasteiger partial charge in [0, 0.05) is 5.57 Å². The van der Waals surface area contributed by atoms with E-state index in [1.165, 1.54) is 17.6 Å². The van der Waals surface area contributed by atoms with Crippen LogP contribution in [-0.4, -0.2) is 19.8 Å². The first-order valence-corrected chi connectivity index (χ1v) is 8.38. The number of allylic oxidation sites excluding steroid dienone is 1. The van der Waals surface area contributed by atoms with E-state index >= 15 is 0 Å². The molecule has 0 atom stereocenters. The molecule has 0 unspecified atom stereocenters. The van der Waals surface area contributed by atoms with E-state index in [2.05, 4.69) is 31.1 Å². The SMILES string of the molecule is C[Si](C)(C)C#CC1=C(CO)CCC1. The molecule has 0 radical (unpaired) electrons. The summed E-state index contributed by atoms with van der Waals surface area (Å²) in [4.78, 5) is 0. The van der Waals surface area contributed by atoms with Gasteiger partial charge in [-0.1, -0.05) is 25.6 Å². The molecule has 13 heavy (non-hydrogen) atoms. The molecule has 0 heterocycles. The molecule has 0 fully saturated rings. The van der Waals surface area contributed by atoms with Gasteiger partial charge in [0.15, 0.2) is 0 Å². The smallest absolute Gasteiger partial charge is 0.129 e. The number of aliphatic hydroxyl groups excluding tert-OH is 1. The summed E-state index contributed by atoms with van der Waals surface area (Å²) in [6, 6.07) is 0. The van der Waals surface area contributed by atoms with Crippen molar-refractivity contribution in [3.8, 4) is 11.5 Å². The normalized spacial score (nSPS) is 17.2. The molecule has 1 aliphatic rings. The second-order valence-corrected chi connectivity index (χ2v) is 9.34. The Labute approximate surface area is 81.9 Å². The molecule has 1 nitrogen and oxygen atoms in total. The number of aliphatic hydroxyl groups is 1. The molecule has 1 rings (SSSR count). The monoisotopic (exact) mass is 194 g/mol. The second kappa shape index (κ2) is 4.12. The van der Waals surface area contributed by atoms with Crippen LogP contribution in [-0.2, 0) is 0 Å². The Kier molecular flexibility index (Phi) is 3.35. The Balaban J connectivity index is 2.76. The zero-order chi connectivity index (χ0) is 9.90. The Morgan fingerprint density at radius 3 is 2.54 bits per heavy atom. The Bertz CT molecular complexity index is 273. The number of hydrogen-bond donors (Lipinski definition) is 1. The van der Waals surface area contributed by atoms with Crippen molar-refractivity contribution in [3.05, 3.63) is 11.1 Å². The van der Waals surface area contributed by atoms with E-state index in [1.54, 1.807) is 0 Å². The van der Waals surface area contributed by atoms with Crippen LogP contribution in [0.2, 0.25) is 19.6 Å². The highest BCUT2D eigenvalue weighted by atomic mass is 28.3. The van der Waals surface area contributed by atoms with E-state index in [0.29, 0.717) is 0 Å². The lowest BCUT2D eigenvalue weighted by molar-refractivity contribution is 0.328. The molecule has 0 aromatic carbocycles. The average Bonchev–Trinajstić information content (AvgIpc) is 2.46. The Morgan fingerprint density at radius 1 is 1.31 bits per heavy atom. The highest BCUT2D eigenvalue weighted by Gasteiger charge is 2.13. The van der Waals surface area contributed by atoms with E-state index in [4.69, 9.17) is 5.11 Å². The molecular weight excluding hydrogens is 176 g/mol. The summed E-state index contributed by atoms with van der Waals surface area (Å²) in [7, 11) is -1.24. The van der Waals surface area contributed by atoms with Crippen molar-refractivity contribution in [1.82, 2.24) is 0 Å². The number of hydrogen-bond acceptors (Lipinski definition) is 1. The van der Waals surface area contributed by atoms with Crippen LogP contribution in [0.4, 0.5) is 0 Å². The maximum absolute atomic E-state index is 9.05. The maximum Gasteiger partial charge on any atom is 0.129 e. The van der Waals surface area contributed by atoms with Gasteiger partial charge in [-0.3, -0.25) is 0 Å². The molecule has 0 saturated carbocycles. The molecule has 1 aliphatic carbocycles. The first-order chi connectivity index (χ1) is 6.03. The van der Waals surface area contributed by atoms with Crippen LogP contribution in [0.25, 0.3) is 0 Å². The fourth-order valence-corrected chi connectivity index (χ4v) is 1.92. The zero-order valence-corrected chi connectivity index (χ0v) is 9.78. The van der Waals surface area contributed by atoms with E-state index in [0.717, 1.165) is 12.8 Å². The van der Waals surface area contributed by atoms with Crippen molar-refractivity contribution in [2.45, 2.75) is 38.9 Å². The van der Waals surface area contributed by atoms with Crippen LogP contribution in [0, 0.1) is 11.5 Å². The lowest BCUT2D eigenvalue weighted by Gasteiger charge is -2.04. The average molecular weight is 194 g/mol. The van der Waals surface area contributed by atoms with Crippen LogP contribution >= 0.6 is 0 Å². The molecule has 0 spiro atoms. The van der Waals surface area contributed by atoms with Gasteiger partial charge in [0.1, 0.15) is 8.07 Å². The third-order valence-corrected chi connectivity index (χ3v) is 2.99. The Morgan fingerprint density at radius 2 is 2.00 bits per heavy atom. The summed E-state index contributed by atoms with van der Waals surface area (Å²) >= 11 is 0. The quantitative estimate of drug-likeness (QED) is 0.502. The van der Waals surface area contributed by atoms with E-state index in [-0.39, 0.29) is 6.61 Å². The van der Waals surface area contributed by atoms with Gasteiger partial charge in [-0.15, -0.1) is 5.54 Å². The van der Waals surface area contributed by atoms with Crippen molar-refractivity contribution < 1.29 is 5.11 Å². The van der Waals surface area contributed by atoms with Gasteiger partial charge >= 0.3 is 0 Å². The van der Waals surface area contributed by atoms with Crippen LogP contribution in [0.5, 0.6) is 0 Å². The largest absolute Gasteiger partial charge is 0.392 e. The standard InChI is InChI=1S/C11H18OSi/c1-13(2,3)8-7-10-5-4-6-11(10)9-12/h12H,4-6,9H2,1-3H3. The first kappa shape index (κ1) is 10.6. The summed E-state index contributed by atoms with van der Waals surface area (Å²) in [6.45, 7) is 6.94. The molecule has 0 bridgehead atoms.